The normalized spacial score (nSPS) is 14.0. The summed E-state index contributed by atoms with van der Waals surface area (Å²) in [5.41, 5.74) is 4.21. The smallest absolute Gasteiger partial charge is 0.261 e. The molecule has 0 spiro atoms. The van der Waals surface area contributed by atoms with Crippen molar-refractivity contribution in [2.75, 3.05) is 37.3 Å². The minimum absolute atomic E-state index is 0.326. The number of anilines is 3. The Labute approximate surface area is 237 Å². The van der Waals surface area contributed by atoms with Gasteiger partial charge in [0.25, 0.3) is 11.8 Å². The number of hydrogen-bond donors (Lipinski definition) is 3. The van der Waals surface area contributed by atoms with Crippen LogP contribution in [-0.4, -0.2) is 42.9 Å². The lowest BCUT2D eigenvalue weighted by atomic mass is 9.93. The third-order valence-corrected chi connectivity index (χ3v) is 6.86. The molecule has 0 saturated heterocycles. The highest BCUT2D eigenvalue weighted by Gasteiger charge is 2.37. The Morgan fingerprint density at radius 2 is 1.59 bits per heavy atom. The van der Waals surface area contributed by atoms with Gasteiger partial charge in [0, 0.05) is 22.6 Å². The molecule has 3 N–H and O–H groups in total. The van der Waals surface area contributed by atoms with Crippen molar-refractivity contribution in [3.05, 3.63) is 101 Å². The molecule has 1 aliphatic rings. The molecule has 0 unspecified atom stereocenters. The van der Waals surface area contributed by atoms with Crippen LogP contribution in [0, 0.1) is 6.92 Å². The summed E-state index contributed by atoms with van der Waals surface area (Å²) in [6.07, 6.45) is 1.49. The number of hydrogen-bond acceptors (Lipinski definition) is 7. The minimum Gasteiger partial charge on any atom is -0.497 e. The van der Waals surface area contributed by atoms with E-state index < -0.39 is 6.04 Å². The van der Waals surface area contributed by atoms with E-state index >= 15 is 0 Å². The number of ether oxygens (including phenoxy) is 3. The number of methoxy groups -OCH3 is 3. The van der Waals surface area contributed by atoms with Crippen molar-refractivity contribution in [1.29, 1.82) is 0 Å². The molecule has 4 aromatic rings. The molecule has 1 aliphatic heterocycles. The topological polar surface area (TPSA) is 116 Å². The first-order chi connectivity index (χ1) is 19.8. The average molecular weight is 554 g/mol. The molecule has 0 fully saturated rings. The predicted molar refractivity (Wildman–Crippen MR) is 157 cm³/mol. The minimum atomic E-state index is -0.741. The van der Waals surface area contributed by atoms with Crippen molar-refractivity contribution in [3.63, 3.8) is 0 Å². The van der Waals surface area contributed by atoms with E-state index in [4.69, 9.17) is 14.2 Å². The lowest BCUT2D eigenvalue weighted by Gasteiger charge is -2.31. The van der Waals surface area contributed by atoms with Gasteiger partial charge in [-0.15, -0.1) is 0 Å². The maximum atomic E-state index is 13.9. The molecular formula is C31H31N5O5. The van der Waals surface area contributed by atoms with E-state index in [-0.39, 0.29) is 11.8 Å². The number of nitrogens with zero attached hydrogens (tertiary/aromatic N) is 2. The second kappa shape index (κ2) is 11.5. The lowest BCUT2D eigenvalue weighted by Crippen LogP contribution is -2.32. The summed E-state index contributed by atoms with van der Waals surface area (Å²) in [6, 6.07) is 19.3. The van der Waals surface area contributed by atoms with Crippen LogP contribution in [0.15, 0.2) is 84.2 Å². The van der Waals surface area contributed by atoms with E-state index in [1.54, 1.807) is 63.3 Å². The van der Waals surface area contributed by atoms with Gasteiger partial charge in [-0.1, -0.05) is 24.3 Å². The number of allylic oxidation sites excluding steroid dienone is 1. The molecule has 1 aromatic heterocycles. The fourth-order valence-corrected chi connectivity index (χ4v) is 4.92. The number of amides is 2. The van der Waals surface area contributed by atoms with Gasteiger partial charge in [0.05, 0.1) is 33.1 Å². The second-order valence-electron chi connectivity index (χ2n) is 9.51. The summed E-state index contributed by atoms with van der Waals surface area (Å²) < 4.78 is 18.2. The molecule has 5 rings (SSSR count). The Kier molecular flexibility index (Phi) is 7.64. The first kappa shape index (κ1) is 27.3. The predicted octanol–water partition coefficient (Wildman–Crippen LogP) is 5.40. The number of fused-ring (bicyclic) bond motifs is 1. The molecule has 2 amide bonds. The van der Waals surface area contributed by atoms with Gasteiger partial charge in [-0.3, -0.25) is 9.59 Å². The molecule has 0 saturated carbocycles. The van der Waals surface area contributed by atoms with Crippen LogP contribution in [-0.2, 0) is 4.79 Å². The third kappa shape index (κ3) is 5.31. The molecule has 10 nitrogen and oxygen atoms in total. The Morgan fingerprint density at radius 3 is 2.27 bits per heavy atom. The van der Waals surface area contributed by atoms with E-state index in [0.29, 0.717) is 56.8 Å². The number of carbonyl (C=O) groups is 2. The summed E-state index contributed by atoms with van der Waals surface area (Å²) in [5, 5.41) is 13.8. The fourth-order valence-electron chi connectivity index (χ4n) is 4.92. The number of benzene rings is 3. The highest BCUT2D eigenvalue weighted by atomic mass is 16.5. The first-order valence-corrected chi connectivity index (χ1v) is 12.9. The summed E-state index contributed by atoms with van der Waals surface area (Å²) in [5.74, 6) is 1.40. The zero-order valence-corrected chi connectivity index (χ0v) is 23.4. The maximum Gasteiger partial charge on any atom is 0.261 e. The van der Waals surface area contributed by atoms with Gasteiger partial charge >= 0.3 is 0 Å². The molecule has 0 aliphatic carbocycles. The number of aryl methyl sites for hydroxylation is 1. The Bertz CT molecular complexity index is 1640. The zero-order chi connectivity index (χ0) is 29.1. The van der Waals surface area contributed by atoms with Crippen LogP contribution in [0.2, 0.25) is 0 Å². The van der Waals surface area contributed by atoms with Gasteiger partial charge < -0.3 is 30.2 Å². The highest BCUT2D eigenvalue weighted by molar-refractivity contribution is 6.09. The number of aromatic nitrogens is 2. The van der Waals surface area contributed by atoms with Crippen molar-refractivity contribution in [2.24, 2.45) is 0 Å². The van der Waals surface area contributed by atoms with Crippen molar-refractivity contribution in [3.8, 4) is 17.2 Å². The zero-order valence-electron chi connectivity index (χ0n) is 23.4. The van der Waals surface area contributed by atoms with E-state index in [0.717, 1.165) is 5.56 Å². The molecule has 3 aromatic carbocycles. The number of para-hydroxylation sites is 1. The summed E-state index contributed by atoms with van der Waals surface area (Å²) >= 11 is 0. The van der Waals surface area contributed by atoms with E-state index in [1.807, 2.05) is 43.3 Å². The Morgan fingerprint density at radius 1 is 0.854 bits per heavy atom. The lowest BCUT2D eigenvalue weighted by molar-refractivity contribution is -0.113. The summed E-state index contributed by atoms with van der Waals surface area (Å²) in [4.78, 5) is 27.2. The molecule has 41 heavy (non-hydrogen) atoms. The number of rotatable bonds is 8. The number of carbonyl (C=O) groups excluding carboxylic acids is 2. The molecule has 2 heterocycles. The van der Waals surface area contributed by atoms with Gasteiger partial charge in [-0.05, 0) is 61.9 Å². The van der Waals surface area contributed by atoms with Gasteiger partial charge in [-0.25, -0.2) is 4.68 Å². The van der Waals surface area contributed by atoms with Crippen LogP contribution in [0.4, 0.5) is 17.2 Å². The van der Waals surface area contributed by atoms with Crippen LogP contribution in [0.1, 0.15) is 34.5 Å². The van der Waals surface area contributed by atoms with Gasteiger partial charge in [0.1, 0.15) is 23.2 Å². The van der Waals surface area contributed by atoms with Gasteiger partial charge in [0.15, 0.2) is 11.5 Å². The van der Waals surface area contributed by atoms with Crippen LogP contribution < -0.4 is 30.2 Å². The average Bonchev–Trinajstić information content (AvgIpc) is 3.39. The SMILES string of the molecule is COc1ccc(NC(=O)C2=C(C)Nc3c(C(=O)Nc4cccc(C)c4)cnn3[C@H]2c2cccc(OC)c2OC)cc1. The second-order valence-corrected chi connectivity index (χ2v) is 9.51. The molecule has 0 bridgehead atoms. The van der Waals surface area contributed by atoms with Gasteiger partial charge in [-0.2, -0.15) is 5.10 Å². The summed E-state index contributed by atoms with van der Waals surface area (Å²) in [6.45, 7) is 3.75. The van der Waals surface area contributed by atoms with Crippen molar-refractivity contribution < 1.29 is 23.8 Å². The van der Waals surface area contributed by atoms with E-state index in [9.17, 15) is 9.59 Å². The fraction of sp³-hybridized carbons (Fsp3) is 0.194. The largest absolute Gasteiger partial charge is 0.497 e. The molecule has 210 valence electrons. The van der Waals surface area contributed by atoms with Crippen LogP contribution in [0.25, 0.3) is 0 Å². The van der Waals surface area contributed by atoms with Crippen LogP contribution in [0.5, 0.6) is 17.2 Å². The monoisotopic (exact) mass is 553 g/mol. The van der Waals surface area contributed by atoms with Crippen LogP contribution >= 0.6 is 0 Å². The molecular weight excluding hydrogens is 522 g/mol. The highest BCUT2D eigenvalue weighted by Crippen LogP contribution is 2.44. The standard InChI is InChI=1S/C31H31N5O5/c1-18-8-6-9-21(16-18)35-30(37)24-17-32-36-27(23-10-7-11-25(40-4)28(23)41-5)26(19(2)33-29(24)36)31(38)34-20-12-14-22(39-3)15-13-20/h6-17,27,33H,1-5H3,(H,34,38)(H,35,37)/t27-/m0/s1. The molecule has 1 atom stereocenters. The third-order valence-electron chi connectivity index (χ3n) is 6.86. The molecule has 0 radical (unpaired) electrons. The van der Waals surface area contributed by atoms with E-state index in [1.165, 1.54) is 6.20 Å². The maximum absolute atomic E-state index is 13.9. The van der Waals surface area contributed by atoms with Gasteiger partial charge in [0.2, 0.25) is 0 Å². The van der Waals surface area contributed by atoms with Crippen molar-refractivity contribution >= 4 is 29.0 Å². The Hall–Kier alpha value is -5.25. The van der Waals surface area contributed by atoms with E-state index in [2.05, 4.69) is 21.0 Å². The van der Waals surface area contributed by atoms with Crippen LogP contribution in [0.3, 0.4) is 0 Å². The Balaban J connectivity index is 1.59. The molecule has 10 heteroatoms. The quantitative estimate of drug-likeness (QED) is 0.268. The van der Waals surface area contributed by atoms with Crippen molar-refractivity contribution in [2.45, 2.75) is 19.9 Å². The first-order valence-electron chi connectivity index (χ1n) is 12.9. The van der Waals surface area contributed by atoms with Crippen molar-refractivity contribution in [1.82, 2.24) is 9.78 Å². The number of nitrogens with one attached hydrogen (secondary N) is 3. The summed E-state index contributed by atoms with van der Waals surface area (Å²) in [7, 11) is 4.68.